The molecule has 3 rings (SSSR count). The minimum absolute atomic E-state index is 0.0779. The van der Waals surface area contributed by atoms with Gasteiger partial charge in [0.1, 0.15) is 5.82 Å². The molecule has 1 aromatic rings. The molecule has 0 spiro atoms. The summed E-state index contributed by atoms with van der Waals surface area (Å²) >= 11 is 0. The molecule has 1 atom stereocenters. The van der Waals surface area contributed by atoms with Gasteiger partial charge in [-0.15, -0.1) is 0 Å². The lowest BCUT2D eigenvalue weighted by Gasteiger charge is -2.34. The van der Waals surface area contributed by atoms with Gasteiger partial charge in [0.25, 0.3) is 0 Å². The van der Waals surface area contributed by atoms with Crippen LogP contribution in [0.2, 0.25) is 0 Å². The van der Waals surface area contributed by atoms with Crippen LogP contribution in [-0.4, -0.2) is 74.9 Å². The first kappa shape index (κ1) is 17.1. The van der Waals surface area contributed by atoms with E-state index in [9.17, 15) is 4.39 Å². The van der Waals surface area contributed by atoms with E-state index in [1.807, 2.05) is 17.0 Å². The van der Waals surface area contributed by atoms with Crippen molar-refractivity contribution in [2.24, 2.45) is 10.7 Å². The van der Waals surface area contributed by atoms with Gasteiger partial charge in [0.15, 0.2) is 5.96 Å². The zero-order chi connectivity index (χ0) is 16.8. The predicted octanol–water partition coefficient (Wildman–Crippen LogP) is 0.846. The van der Waals surface area contributed by atoms with Crippen molar-refractivity contribution < 1.29 is 13.9 Å². The Balaban J connectivity index is 1.72. The second-order valence-corrected chi connectivity index (χ2v) is 6.01. The van der Waals surface area contributed by atoms with Crippen molar-refractivity contribution in [3.05, 3.63) is 35.6 Å². The largest absolute Gasteiger partial charge is 0.379 e. The summed E-state index contributed by atoms with van der Waals surface area (Å²) in [5, 5.41) is 0. The van der Waals surface area contributed by atoms with Crippen LogP contribution < -0.4 is 5.73 Å². The lowest BCUT2D eigenvalue weighted by atomic mass is 10.0. The first-order valence-corrected chi connectivity index (χ1v) is 8.44. The maximum absolute atomic E-state index is 13.2. The zero-order valence-corrected chi connectivity index (χ0v) is 13.9. The molecule has 0 bridgehead atoms. The molecule has 7 heteroatoms. The molecule has 0 aliphatic carbocycles. The van der Waals surface area contributed by atoms with Gasteiger partial charge in [-0.3, -0.25) is 9.89 Å². The number of benzene rings is 1. The van der Waals surface area contributed by atoms with E-state index in [4.69, 9.17) is 15.2 Å². The number of nitrogens with zero attached hydrogens (tertiary/aromatic N) is 3. The van der Waals surface area contributed by atoms with E-state index in [1.165, 1.54) is 12.1 Å². The van der Waals surface area contributed by atoms with Gasteiger partial charge < -0.3 is 20.1 Å². The summed E-state index contributed by atoms with van der Waals surface area (Å²) < 4.78 is 24.0. The highest BCUT2D eigenvalue weighted by Gasteiger charge is 2.23. The van der Waals surface area contributed by atoms with Gasteiger partial charge in [0.2, 0.25) is 0 Å². The fourth-order valence-electron chi connectivity index (χ4n) is 3.08. The van der Waals surface area contributed by atoms with Gasteiger partial charge in [-0.1, -0.05) is 12.1 Å². The average Bonchev–Trinajstić information content (AvgIpc) is 2.65. The highest BCUT2D eigenvalue weighted by atomic mass is 19.1. The van der Waals surface area contributed by atoms with E-state index < -0.39 is 0 Å². The van der Waals surface area contributed by atoms with E-state index in [0.717, 1.165) is 31.7 Å². The van der Waals surface area contributed by atoms with Gasteiger partial charge in [-0.25, -0.2) is 4.39 Å². The summed E-state index contributed by atoms with van der Waals surface area (Å²) in [6.45, 7) is 6.56. The van der Waals surface area contributed by atoms with E-state index in [1.54, 1.807) is 0 Å². The average molecular weight is 336 g/mol. The normalized spacial score (nSPS) is 21.7. The highest BCUT2D eigenvalue weighted by molar-refractivity contribution is 5.78. The van der Waals surface area contributed by atoms with Crippen LogP contribution in [0.4, 0.5) is 4.39 Å². The number of aliphatic imine (C=N–C) groups is 1. The van der Waals surface area contributed by atoms with Crippen LogP contribution in [0.1, 0.15) is 11.6 Å². The topological polar surface area (TPSA) is 63.3 Å². The maximum atomic E-state index is 13.2. The molecule has 0 aromatic heterocycles. The first-order valence-electron chi connectivity index (χ1n) is 8.44. The van der Waals surface area contributed by atoms with Crippen LogP contribution in [0.15, 0.2) is 29.3 Å². The molecule has 24 heavy (non-hydrogen) atoms. The monoisotopic (exact) mass is 336 g/mol. The molecule has 1 unspecified atom stereocenters. The quantitative estimate of drug-likeness (QED) is 0.652. The third kappa shape index (κ3) is 4.43. The Kier molecular flexibility index (Phi) is 6.01. The van der Waals surface area contributed by atoms with Crippen LogP contribution in [0.5, 0.6) is 0 Å². The summed E-state index contributed by atoms with van der Waals surface area (Å²) in [5.41, 5.74) is 7.20. The lowest BCUT2D eigenvalue weighted by molar-refractivity contribution is 0.0178. The third-order valence-corrected chi connectivity index (χ3v) is 4.50. The summed E-state index contributed by atoms with van der Waals surface area (Å²) in [6.07, 6.45) is 0. The second kappa shape index (κ2) is 8.41. The lowest BCUT2D eigenvalue weighted by Crippen LogP contribution is -2.45. The van der Waals surface area contributed by atoms with E-state index >= 15 is 0 Å². The first-order chi connectivity index (χ1) is 11.7. The Labute approximate surface area is 142 Å². The standard InChI is InChI=1S/C17H25FN4O2/c18-15-3-1-14(2-4-15)16(21-5-9-23-10-6-21)13-20-17(19)22-7-11-24-12-8-22/h1-4,16H,5-13H2,(H2,19,20). The molecule has 2 saturated heterocycles. The van der Waals surface area contributed by atoms with Gasteiger partial charge in [-0.05, 0) is 17.7 Å². The van der Waals surface area contributed by atoms with E-state index in [-0.39, 0.29) is 11.9 Å². The minimum Gasteiger partial charge on any atom is -0.379 e. The molecule has 0 saturated carbocycles. The number of ether oxygens (including phenoxy) is 2. The Hall–Kier alpha value is -1.70. The number of rotatable bonds is 4. The molecule has 6 nitrogen and oxygen atoms in total. The molecule has 2 heterocycles. The van der Waals surface area contributed by atoms with Gasteiger partial charge >= 0.3 is 0 Å². The van der Waals surface area contributed by atoms with Crippen molar-refractivity contribution in [3.63, 3.8) is 0 Å². The molecular formula is C17H25FN4O2. The predicted molar refractivity (Wildman–Crippen MR) is 90.4 cm³/mol. The molecule has 0 amide bonds. The number of guanidine groups is 1. The van der Waals surface area contributed by atoms with Crippen LogP contribution in [-0.2, 0) is 9.47 Å². The smallest absolute Gasteiger partial charge is 0.191 e. The molecule has 2 N–H and O–H groups in total. The minimum atomic E-state index is -0.226. The Morgan fingerprint density at radius 2 is 1.62 bits per heavy atom. The summed E-state index contributed by atoms with van der Waals surface area (Å²) in [7, 11) is 0. The van der Waals surface area contributed by atoms with Gasteiger partial charge in [0, 0.05) is 26.2 Å². The Morgan fingerprint density at radius 3 is 2.25 bits per heavy atom. The van der Waals surface area contributed by atoms with Crippen molar-refractivity contribution in [2.75, 3.05) is 59.2 Å². The fraction of sp³-hybridized carbons (Fsp3) is 0.588. The molecule has 0 radical (unpaired) electrons. The maximum Gasteiger partial charge on any atom is 0.191 e. The molecule has 2 fully saturated rings. The zero-order valence-electron chi connectivity index (χ0n) is 13.9. The Morgan fingerprint density at radius 1 is 1.04 bits per heavy atom. The number of nitrogens with two attached hydrogens (primary N) is 1. The molecule has 1 aromatic carbocycles. The summed E-state index contributed by atoms with van der Waals surface area (Å²) in [6, 6.07) is 6.73. The molecule has 2 aliphatic heterocycles. The molecular weight excluding hydrogens is 311 g/mol. The van der Waals surface area contributed by atoms with E-state index in [2.05, 4.69) is 9.89 Å². The number of morpholine rings is 2. The van der Waals surface area contributed by atoms with Crippen molar-refractivity contribution in [1.82, 2.24) is 9.80 Å². The third-order valence-electron chi connectivity index (χ3n) is 4.50. The van der Waals surface area contributed by atoms with Gasteiger partial charge in [0.05, 0.1) is 39.0 Å². The fourth-order valence-corrected chi connectivity index (χ4v) is 3.08. The SMILES string of the molecule is NC(=NCC(c1ccc(F)cc1)N1CCOCC1)N1CCOCC1. The summed E-state index contributed by atoms with van der Waals surface area (Å²) in [5.74, 6) is 0.328. The molecule has 132 valence electrons. The van der Waals surface area contributed by atoms with Crippen molar-refractivity contribution in [2.45, 2.75) is 6.04 Å². The van der Waals surface area contributed by atoms with Crippen LogP contribution in [0, 0.1) is 5.82 Å². The van der Waals surface area contributed by atoms with E-state index in [0.29, 0.717) is 38.9 Å². The molecule has 2 aliphatic rings. The summed E-state index contributed by atoms with van der Waals surface area (Å²) in [4.78, 5) is 8.98. The van der Waals surface area contributed by atoms with Crippen molar-refractivity contribution in [1.29, 1.82) is 0 Å². The highest BCUT2D eigenvalue weighted by Crippen LogP contribution is 2.22. The second-order valence-electron chi connectivity index (χ2n) is 6.01. The van der Waals surface area contributed by atoms with Crippen LogP contribution in [0.25, 0.3) is 0 Å². The van der Waals surface area contributed by atoms with Crippen LogP contribution in [0.3, 0.4) is 0 Å². The number of hydrogen-bond acceptors (Lipinski definition) is 4. The number of halogens is 1. The van der Waals surface area contributed by atoms with Crippen LogP contribution >= 0.6 is 0 Å². The van der Waals surface area contributed by atoms with Gasteiger partial charge in [-0.2, -0.15) is 0 Å². The van der Waals surface area contributed by atoms with Crippen molar-refractivity contribution in [3.8, 4) is 0 Å². The number of hydrogen-bond donors (Lipinski definition) is 1. The Bertz CT molecular complexity index is 540. The van der Waals surface area contributed by atoms with Crippen molar-refractivity contribution >= 4 is 5.96 Å².